The Hall–Kier alpha value is -2.32. The molecule has 0 atom stereocenters. The first-order valence-electron chi connectivity index (χ1n) is 6.50. The number of carbonyl (C=O) groups is 1. The summed E-state index contributed by atoms with van der Waals surface area (Å²) in [7, 11) is 0. The number of carbonyl (C=O) groups excluding carboxylic acids is 1. The summed E-state index contributed by atoms with van der Waals surface area (Å²) in [5.74, 6) is -0.254. The zero-order chi connectivity index (χ0) is 14.2. The van der Waals surface area contributed by atoms with Crippen molar-refractivity contribution < 1.29 is 9.53 Å². The van der Waals surface area contributed by atoms with Gasteiger partial charge in [-0.15, -0.1) is 0 Å². The lowest BCUT2D eigenvalue weighted by Crippen LogP contribution is -2.52. The van der Waals surface area contributed by atoms with Gasteiger partial charge in [0.25, 0.3) is 0 Å². The van der Waals surface area contributed by atoms with E-state index in [-0.39, 0.29) is 19.1 Å². The van der Waals surface area contributed by atoms with Crippen molar-refractivity contribution in [2.24, 2.45) is 5.41 Å². The van der Waals surface area contributed by atoms with Crippen LogP contribution < -0.4 is 5.32 Å². The maximum Gasteiger partial charge on any atom is 0.245 e. The molecule has 5 heteroatoms. The summed E-state index contributed by atoms with van der Waals surface area (Å²) in [6, 6.07) is 10.0. The quantitative estimate of drug-likeness (QED) is 0.889. The highest BCUT2D eigenvalue weighted by molar-refractivity contribution is 5.88. The van der Waals surface area contributed by atoms with E-state index in [0.717, 1.165) is 22.2 Å². The summed E-state index contributed by atoms with van der Waals surface area (Å²) in [6.07, 6.45) is 0. The van der Waals surface area contributed by atoms with Gasteiger partial charge in [-0.3, -0.25) is 4.79 Å². The maximum atomic E-state index is 12.1. The van der Waals surface area contributed by atoms with Crippen molar-refractivity contribution >= 4 is 16.8 Å². The predicted octanol–water partition coefficient (Wildman–Crippen LogP) is 1.63. The summed E-state index contributed by atoms with van der Waals surface area (Å²) in [6.45, 7) is 2.76. The molecule has 0 aliphatic carbocycles. The Morgan fingerprint density at radius 3 is 2.90 bits per heavy atom. The fourth-order valence-electron chi connectivity index (χ4n) is 2.45. The molecule has 20 heavy (non-hydrogen) atoms. The van der Waals surface area contributed by atoms with E-state index in [0.29, 0.717) is 6.54 Å². The number of hydrogen-bond donors (Lipinski definition) is 2. The van der Waals surface area contributed by atoms with E-state index in [4.69, 9.17) is 10.00 Å². The minimum atomic E-state index is -1.000. The van der Waals surface area contributed by atoms with Gasteiger partial charge in [-0.25, -0.2) is 0 Å². The van der Waals surface area contributed by atoms with Crippen molar-refractivity contribution in [1.82, 2.24) is 10.3 Å². The number of nitriles is 1. The first kappa shape index (κ1) is 12.7. The molecule has 0 spiro atoms. The second kappa shape index (κ2) is 4.66. The average molecular weight is 269 g/mol. The van der Waals surface area contributed by atoms with Gasteiger partial charge in [0.2, 0.25) is 5.91 Å². The van der Waals surface area contributed by atoms with Gasteiger partial charge in [-0.2, -0.15) is 5.26 Å². The molecule has 0 bridgehead atoms. The van der Waals surface area contributed by atoms with Crippen LogP contribution in [0.25, 0.3) is 10.9 Å². The number of aryl methyl sites for hydroxylation is 1. The highest BCUT2D eigenvalue weighted by atomic mass is 16.5. The number of hydrogen-bond acceptors (Lipinski definition) is 3. The molecule has 102 valence electrons. The summed E-state index contributed by atoms with van der Waals surface area (Å²) in [4.78, 5) is 15.4. The number of aromatic amines is 1. The molecule has 1 aliphatic rings. The SMILES string of the molecule is Cc1[nH]c2ccccc2c1CNC(=O)C1(C#N)COC1. The van der Waals surface area contributed by atoms with Gasteiger partial charge in [0, 0.05) is 23.1 Å². The Bertz CT molecular complexity index is 707. The molecule has 1 saturated heterocycles. The van der Waals surface area contributed by atoms with Crippen LogP contribution in [-0.4, -0.2) is 24.1 Å². The summed E-state index contributed by atoms with van der Waals surface area (Å²) < 4.78 is 4.99. The second-order valence-electron chi connectivity index (χ2n) is 5.14. The fraction of sp³-hybridized carbons (Fsp3) is 0.333. The summed E-state index contributed by atoms with van der Waals surface area (Å²) in [5.41, 5.74) is 2.14. The lowest BCUT2D eigenvalue weighted by atomic mass is 9.87. The number of nitrogens with one attached hydrogen (secondary N) is 2. The Morgan fingerprint density at radius 2 is 2.25 bits per heavy atom. The van der Waals surface area contributed by atoms with Crippen molar-refractivity contribution in [3.63, 3.8) is 0 Å². The van der Waals surface area contributed by atoms with Crippen LogP contribution in [0.3, 0.4) is 0 Å². The Balaban J connectivity index is 1.79. The zero-order valence-electron chi connectivity index (χ0n) is 11.2. The molecule has 3 rings (SSSR count). The van der Waals surface area contributed by atoms with Crippen LogP contribution in [0, 0.1) is 23.7 Å². The Labute approximate surface area is 116 Å². The van der Waals surface area contributed by atoms with E-state index in [1.54, 1.807) is 0 Å². The number of ether oxygens (including phenoxy) is 1. The largest absolute Gasteiger partial charge is 0.377 e. The van der Waals surface area contributed by atoms with Gasteiger partial charge in [-0.05, 0) is 18.6 Å². The standard InChI is InChI=1S/C15H15N3O2/c1-10-12(11-4-2-3-5-13(11)18-10)6-17-14(19)15(7-16)8-20-9-15/h2-5,18H,6,8-9H2,1H3,(H,17,19). The first-order chi connectivity index (χ1) is 9.66. The molecule has 1 amide bonds. The van der Waals surface area contributed by atoms with E-state index < -0.39 is 5.41 Å². The van der Waals surface area contributed by atoms with Gasteiger partial charge >= 0.3 is 0 Å². The minimum Gasteiger partial charge on any atom is -0.377 e. The number of fused-ring (bicyclic) bond motifs is 1. The smallest absolute Gasteiger partial charge is 0.245 e. The van der Waals surface area contributed by atoms with Crippen LogP contribution in [0.1, 0.15) is 11.3 Å². The molecule has 2 heterocycles. The van der Waals surface area contributed by atoms with Crippen LogP contribution >= 0.6 is 0 Å². The van der Waals surface area contributed by atoms with Crippen LogP contribution in [0.5, 0.6) is 0 Å². The molecule has 0 unspecified atom stereocenters. The van der Waals surface area contributed by atoms with E-state index in [1.807, 2.05) is 31.2 Å². The number of para-hydroxylation sites is 1. The summed E-state index contributed by atoms with van der Waals surface area (Å²) >= 11 is 0. The van der Waals surface area contributed by atoms with Crippen LogP contribution in [0.2, 0.25) is 0 Å². The highest BCUT2D eigenvalue weighted by Gasteiger charge is 2.46. The fourth-order valence-corrected chi connectivity index (χ4v) is 2.45. The van der Waals surface area contributed by atoms with E-state index in [2.05, 4.69) is 16.4 Å². The number of nitrogens with zero attached hydrogens (tertiary/aromatic N) is 1. The number of rotatable bonds is 3. The molecule has 2 aromatic rings. The Morgan fingerprint density at radius 1 is 1.50 bits per heavy atom. The molecule has 1 fully saturated rings. The molecular weight excluding hydrogens is 254 g/mol. The van der Waals surface area contributed by atoms with Crippen molar-refractivity contribution in [2.75, 3.05) is 13.2 Å². The monoisotopic (exact) mass is 269 g/mol. The average Bonchev–Trinajstić information content (AvgIpc) is 2.71. The van der Waals surface area contributed by atoms with E-state index in [1.165, 1.54) is 0 Å². The van der Waals surface area contributed by atoms with Crippen LogP contribution in [0.15, 0.2) is 24.3 Å². The molecule has 1 aromatic heterocycles. The lowest BCUT2D eigenvalue weighted by molar-refractivity contribution is -0.150. The predicted molar refractivity (Wildman–Crippen MR) is 73.7 cm³/mol. The highest BCUT2D eigenvalue weighted by Crippen LogP contribution is 2.27. The van der Waals surface area contributed by atoms with Crippen LogP contribution in [0.4, 0.5) is 0 Å². The molecular formula is C15H15N3O2. The van der Waals surface area contributed by atoms with Crippen molar-refractivity contribution in [3.05, 3.63) is 35.5 Å². The maximum absolute atomic E-state index is 12.1. The second-order valence-corrected chi connectivity index (χ2v) is 5.14. The normalized spacial score (nSPS) is 16.4. The third-order valence-corrected chi connectivity index (χ3v) is 3.80. The van der Waals surface area contributed by atoms with Gasteiger partial charge < -0.3 is 15.0 Å². The first-order valence-corrected chi connectivity index (χ1v) is 6.50. The minimum absolute atomic E-state index is 0.183. The van der Waals surface area contributed by atoms with Gasteiger partial charge in [0.1, 0.15) is 0 Å². The van der Waals surface area contributed by atoms with Gasteiger partial charge in [0.15, 0.2) is 5.41 Å². The molecule has 5 nitrogen and oxygen atoms in total. The zero-order valence-corrected chi connectivity index (χ0v) is 11.2. The summed E-state index contributed by atoms with van der Waals surface area (Å²) in [5, 5.41) is 13.0. The van der Waals surface area contributed by atoms with Gasteiger partial charge in [0.05, 0.1) is 19.3 Å². The molecule has 0 saturated carbocycles. The Kier molecular flexibility index (Phi) is 2.96. The van der Waals surface area contributed by atoms with Crippen LogP contribution in [-0.2, 0) is 16.1 Å². The molecule has 1 aromatic carbocycles. The van der Waals surface area contributed by atoms with E-state index >= 15 is 0 Å². The third kappa shape index (κ3) is 1.86. The van der Waals surface area contributed by atoms with E-state index in [9.17, 15) is 4.79 Å². The van der Waals surface area contributed by atoms with Crippen molar-refractivity contribution in [2.45, 2.75) is 13.5 Å². The lowest BCUT2D eigenvalue weighted by Gasteiger charge is -2.33. The van der Waals surface area contributed by atoms with Crippen molar-refractivity contribution in [3.8, 4) is 6.07 Å². The van der Waals surface area contributed by atoms with Gasteiger partial charge in [-0.1, -0.05) is 18.2 Å². The third-order valence-electron chi connectivity index (χ3n) is 3.80. The topological polar surface area (TPSA) is 77.9 Å². The molecule has 2 N–H and O–H groups in total. The number of aromatic nitrogens is 1. The molecule has 1 aliphatic heterocycles. The number of amides is 1. The number of benzene rings is 1. The molecule has 0 radical (unpaired) electrons. The van der Waals surface area contributed by atoms with Crippen molar-refractivity contribution in [1.29, 1.82) is 5.26 Å². The number of H-pyrrole nitrogens is 1.